The molecule has 0 amide bonds. The quantitative estimate of drug-likeness (QED) is 0.225. The van der Waals surface area contributed by atoms with E-state index in [2.05, 4.69) is 11.8 Å². The SMILES string of the molecule is CCCCCCCCCCCCCCCCCCNCl. The molecule has 0 saturated heterocycles. The van der Waals surface area contributed by atoms with Crippen LogP contribution in [0.5, 0.6) is 0 Å². The lowest BCUT2D eigenvalue weighted by molar-refractivity contribution is 0.529. The fourth-order valence-electron chi connectivity index (χ4n) is 2.74. The molecule has 0 bridgehead atoms. The second-order valence-electron chi connectivity index (χ2n) is 6.19. The molecule has 0 spiro atoms. The van der Waals surface area contributed by atoms with Crippen LogP contribution in [0.4, 0.5) is 0 Å². The average molecular weight is 304 g/mol. The van der Waals surface area contributed by atoms with Crippen LogP contribution >= 0.6 is 11.8 Å². The van der Waals surface area contributed by atoms with E-state index in [1.807, 2.05) is 0 Å². The van der Waals surface area contributed by atoms with Gasteiger partial charge in [-0.15, -0.1) is 0 Å². The minimum absolute atomic E-state index is 0.958. The first-order valence-corrected chi connectivity index (χ1v) is 9.63. The molecule has 0 unspecified atom stereocenters. The van der Waals surface area contributed by atoms with Crippen LogP contribution in [0.25, 0.3) is 0 Å². The van der Waals surface area contributed by atoms with Crippen LogP contribution in [0.2, 0.25) is 0 Å². The summed E-state index contributed by atoms with van der Waals surface area (Å²) in [6, 6.07) is 0. The number of halogens is 1. The Hall–Kier alpha value is 0.250. The van der Waals surface area contributed by atoms with E-state index >= 15 is 0 Å². The number of hydrogen-bond acceptors (Lipinski definition) is 1. The molecule has 0 aliphatic rings. The van der Waals surface area contributed by atoms with Gasteiger partial charge in [-0.1, -0.05) is 103 Å². The smallest absolute Gasteiger partial charge is 0.0108 e. The van der Waals surface area contributed by atoms with E-state index in [1.165, 1.54) is 103 Å². The van der Waals surface area contributed by atoms with Crippen LogP contribution in [-0.2, 0) is 0 Å². The Balaban J connectivity index is 2.89. The molecular formula is C18H38ClN. The molecule has 0 fully saturated rings. The van der Waals surface area contributed by atoms with E-state index in [-0.39, 0.29) is 0 Å². The number of unbranched alkanes of at least 4 members (excludes halogenated alkanes) is 15. The molecule has 0 aliphatic carbocycles. The van der Waals surface area contributed by atoms with E-state index in [9.17, 15) is 0 Å². The van der Waals surface area contributed by atoms with Crippen molar-refractivity contribution in [1.82, 2.24) is 4.84 Å². The molecule has 1 N–H and O–H groups in total. The first-order chi connectivity index (χ1) is 9.91. The van der Waals surface area contributed by atoms with Crippen molar-refractivity contribution in [2.45, 2.75) is 110 Å². The fourth-order valence-corrected chi connectivity index (χ4v) is 2.87. The number of hydrogen-bond donors (Lipinski definition) is 1. The predicted octanol–water partition coefficient (Wildman–Crippen LogP) is 6.99. The highest BCUT2D eigenvalue weighted by Gasteiger charge is 1.94. The Labute approximate surface area is 133 Å². The summed E-state index contributed by atoms with van der Waals surface area (Å²) in [6.45, 7) is 3.25. The molecule has 1 nitrogen and oxygen atoms in total. The maximum Gasteiger partial charge on any atom is 0.0108 e. The highest BCUT2D eigenvalue weighted by Crippen LogP contribution is 2.13. The third kappa shape index (κ3) is 18.2. The van der Waals surface area contributed by atoms with Gasteiger partial charge in [0.1, 0.15) is 0 Å². The van der Waals surface area contributed by atoms with Gasteiger partial charge < -0.3 is 0 Å². The van der Waals surface area contributed by atoms with E-state index < -0.39 is 0 Å². The molecule has 0 aromatic heterocycles. The molecule has 122 valence electrons. The molecule has 0 aliphatic heterocycles. The van der Waals surface area contributed by atoms with Gasteiger partial charge in [0.2, 0.25) is 0 Å². The van der Waals surface area contributed by atoms with E-state index in [0.717, 1.165) is 6.54 Å². The van der Waals surface area contributed by atoms with Crippen molar-refractivity contribution in [3.05, 3.63) is 0 Å². The summed E-state index contributed by atoms with van der Waals surface area (Å²) >= 11 is 5.42. The van der Waals surface area contributed by atoms with Crippen molar-refractivity contribution >= 4 is 11.8 Å². The molecular weight excluding hydrogens is 266 g/mol. The summed E-state index contributed by atoms with van der Waals surface area (Å²) in [6.07, 6.45) is 22.8. The fraction of sp³-hybridized carbons (Fsp3) is 1.00. The summed E-state index contributed by atoms with van der Waals surface area (Å²) in [4.78, 5) is 2.69. The lowest BCUT2D eigenvalue weighted by Crippen LogP contribution is -1.99. The molecule has 0 saturated carbocycles. The van der Waals surface area contributed by atoms with Gasteiger partial charge in [-0.25, -0.2) is 4.84 Å². The second-order valence-corrected chi connectivity index (χ2v) is 6.45. The Kier molecular flexibility index (Phi) is 19.5. The van der Waals surface area contributed by atoms with Crippen LogP contribution in [-0.4, -0.2) is 6.54 Å². The average Bonchev–Trinajstić information content (AvgIpc) is 2.47. The van der Waals surface area contributed by atoms with Crippen molar-refractivity contribution in [2.75, 3.05) is 6.54 Å². The summed E-state index contributed by atoms with van der Waals surface area (Å²) in [5.74, 6) is 0. The molecule has 0 radical (unpaired) electrons. The maximum atomic E-state index is 5.42. The Bertz CT molecular complexity index is 143. The first kappa shape index (κ1) is 20.2. The lowest BCUT2D eigenvalue weighted by atomic mass is 10.0. The third-order valence-electron chi connectivity index (χ3n) is 4.12. The normalized spacial score (nSPS) is 11.1. The Morgan fingerprint density at radius 1 is 0.500 bits per heavy atom. The molecule has 0 heterocycles. The van der Waals surface area contributed by atoms with Crippen LogP contribution in [0, 0.1) is 0 Å². The molecule has 0 atom stereocenters. The van der Waals surface area contributed by atoms with Crippen molar-refractivity contribution < 1.29 is 0 Å². The second kappa shape index (κ2) is 19.2. The lowest BCUT2D eigenvalue weighted by Gasteiger charge is -2.03. The molecule has 0 rings (SSSR count). The molecule has 0 aromatic rings. The predicted molar refractivity (Wildman–Crippen MR) is 93.4 cm³/mol. The van der Waals surface area contributed by atoms with Crippen molar-refractivity contribution in [3.63, 3.8) is 0 Å². The van der Waals surface area contributed by atoms with Gasteiger partial charge in [-0.05, 0) is 18.2 Å². The Morgan fingerprint density at radius 2 is 0.800 bits per heavy atom. The van der Waals surface area contributed by atoms with Gasteiger partial charge in [0.25, 0.3) is 0 Å². The zero-order valence-corrected chi connectivity index (χ0v) is 14.7. The summed E-state index contributed by atoms with van der Waals surface area (Å²) in [7, 11) is 0. The molecule has 0 aromatic carbocycles. The van der Waals surface area contributed by atoms with Crippen molar-refractivity contribution in [1.29, 1.82) is 0 Å². The van der Waals surface area contributed by atoms with Gasteiger partial charge in [-0.2, -0.15) is 0 Å². The summed E-state index contributed by atoms with van der Waals surface area (Å²) in [5.41, 5.74) is 0. The van der Waals surface area contributed by atoms with E-state index in [1.54, 1.807) is 0 Å². The summed E-state index contributed by atoms with van der Waals surface area (Å²) in [5, 5.41) is 0. The zero-order chi connectivity index (χ0) is 14.7. The summed E-state index contributed by atoms with van der Waals surface area (Å²) < 4.78 is 0. The highest BCUT2D eigenvalue weighted by molar-refractivity contribution is 6.13. The highest BCUT2D eigenvalue weighted by atomic mass is 35.5. The topological polar surface area (TPSA) is 12.0 Å². The van der Waals surface area contributed by atoms with Gasteiger partial charge in [0, 0.05) is 6.54 Å². The van der Waals surface area contributed by atoms with E-state index in [0.29, 0.717) is 0 Å². The molecule has 20 heavy (non-hydrogen) atoms. The van der Waals surface area contributed by atoms with Crippen LogP contribution in [0.3, 0.4) is 0 Å². The van der Waals surface area contributed by atoms with Gasteiger partial charge in [-0.3, -0.25) is 0 Å². The Morgan fingerprint density at radius 3 is 1.10 bits per heavy atom. The van der Waals surface area contributed by atoms with Gasteiger partial charge in [0.05, 0.1) is 0 Å². The third-order valence-corrected chi connectivity index (χ3v) is 4.31. The zero-order valence-electron chi connectivity index (χ0n) is 13.9. The van der Waals surface area contributed by atoms with Crippen LogP contribution in [0.15, 0.2) is 0 Å². The van der Waals surface area contributed by atoms with Crippen LogP contribution in [0.1, 0.15) is 110 Å². The minimum Gasteiger partial charge on any atom is -0.234 e. The van der Waals surface area contributed by atoms with Gasteiger partial charge in [0.15, 0.2) is 0 Å². The minimum atomic E-state index is 0.958. The first-order valence-electron chi connectivity index (χ1n) is 9.25. The standard InChI is InChI=1S/C18H38ClN/c1-2-3-4-5-6-7-8-9-10-11-12-13-14-15-16-17-18-20-19/h20H,2-18H2,1H3. The van der Waals surface area contributed by atoms with Gasteiger partial charge >= 0.3 is 0 Å². The molecule has 2 heteroatoms. The number of nitrogens with one attached hydrogen (secondary N) is 1. The number of rotatable bonds is 17. The maximum absolute atomic E-state index is 5.42. The largest absolute Gasteiger partial charge is 0.234 e. The van der Waals surface area contributed by atoms with Crippen molar-refractivity contribution in [3.8, 4) is 0 Å². The van der Waals surface area contributed by atoms with E-state index in [4.69, 9.17) is 11.8 Å². The monoisotopic (exact) mass is 303 g/mol. The van der Waals surface area contributed by atoms with Crippen LogP contribution < -0.4 is 4.84 Å². The van der Waals surface area contributed by atoms with Crippen molar-refractivity contribution in [2.24, 2.45) is 0 Å².